The first-order valence-corrected chi connectivity index (χ1v) is 10.2. The van der Waals surface area contributed by atoms with Crippen LogP contribution in [0.15, 0.2) is 34.9 Å². The van der Waals surface area contributed by atoms with Crippen molar-refractivity contribution in [3.8, 4) is 0 Å². The van der Waals surface area contributed by atoms with Crippen LogP contribution >= 0.6 is 0 Å². The van der Waals surface area contributed by atoms with Crippen molar-refractivity contribution >= 4 is 27.9 Å². The van der Waals surface area contributed by atoms with Gasteiger partial charge < -0.3 is 14.8 Å². The third-order valence-corrected chi connectivity index (χ3v) is 5.89. The van der Waals surface area contributed by atoms with Crippen molar-refractivity contribution in [2.24, 2.45) is 0 Å². The number of fused-ring (bicyclic) bond motifs is 4. The topological polar surface area (TPSA) is 83.8 Å². The molecule has 6 nitrogen and oxygen atoms in total. The normalized spacial score (nSPS) is 16.5. The molecule has 0 bridgehead atoms. The SMILES string of the molecule is Cc1noc2nc(C(C)C)cc(C(=O)N[C@@H]3CCCc4c3[nH]c3ccccc43)c12. The van der Waals surface area contributed by atoms with Gasteiger partial charge in [-0.25, -0.2) is 4.98 Å². The van der Waals surface area contributed by atoms with E-state index in [0.717, 1.165) is 36.2 Å². The molecule has 3 aromatic heterocycles. The number of aryl methyl sites for hydroxylation is 2. The Morgan fingerprint density at radius 1 is 1.31 bits per heavy atom. The summed E-state index contributed by atoms with van der Waals surface area (Å²) in [4.78, 5) is 21.4. The van der Waals surface area contributed by atoms with Crippen LogP contribution in [0.1, 0.15) is 71.7 Å². The average molecular weight is 388 g/mol. The zero-order chi connectivity index (χ0) is 20.1. The molecule has 29 heavy (non-hydrogen) atoms. The van der Waals surface area contributed by atoms with E-state index in [2.05, 4.69) is 52.5 Å². The minimum atomic E-state index is -0.109. The summed E-state index contributed by atoms with van der Waals surface area (Å²) in [7, 11) is 0. The Morgan fingerprint density at radius 2 is 2.14 bits per heavy atom. The number of rotatable bonds is 3. The van der Waals surface area contributed by atoms with Gasteiger partial charge in [0.15, 0.2) is 0 Å². The third kappa shape index (κ3) is 2.90. The number of para-hydroxylation sites is 1. The van der Waals surface area contributed by atoms with E-state index in [1.54, 1.807) is 0 Å². The highest BCUT2D eigenvalue weighted by atomic mass is 16.5. The number of aromatic amines is 1. The van der Waals surface area contributed by atoms with Gasteiger partial charge in [0, 0.05) is 22.3 Å². The summed E-state index contributed by atoms with van der Waals surface area (Å²) in [5.41, 5.74) is 6.09. The van der Waals surface area contributed by atoms with Crippen molar-refractivity contribution in [3.63, 3.8) is 0 Å². The van der Waals surface area contributed by atoms with E-state index in [0.29, 0.717) is 22.4 Å². The van der Waals surface area contributed by atoms with Crippen LogP contribution in [0.2, 0.25) is 0 Å². The van der Waals surface area contributed by atoms with Crippen LogP contribution in [-0.4, -0.2) is 21.0 Å². The maximum Gasteiger partial charge on any atom is 0.259 e. The van der Waals surface area contributed by atoms with Gasteiger partial charge in [-0.15, -0.1) is 0 Å². The molecule has 5 rings (SSSR count). The Balaban J connectivity index is 1.54. The Bertz CT molecular complexity index is 1230. The second-order valence-corrected chi connectivity index (χ2v) is 8.18. The number of nitrogens with one attached hydrogen (secondary N) is 2. The van der Waals surface area contributed by atoms with E-state index in [1.165, 1.54) is 10.9 Å². The van der Waals surface area contributed by atoms with Crippen LogP contribution in [0, 0.1) is 6.92 Å². The largest absolute Gasteiger partial charge is 0.356 e. The van der Waals surface area contributed by atoms with Crippen LogP contribution in [0.5, 0.6) is 0 Å². The second kappa shape index (κ2) is 6.72. The van der Waals surface area contributed by atoms with E-state index in [-0.39, 0.29) is 17.9 Å². The van der Waals surface area contributed by atoms with Gasteiger partial charge in [-0.2, -0.15) is 0 Å². The monoisotopic (exact) mass is 388 g/mol. The number of hydrogen-bond donors (Lipinski definition) is 2. The molecular weight excluding hydrogens is 364 g/mol. The lowest BCUT2D eigenvalue weighted by Crippen LogP contribution is -2.31. The lowest BCUT2D eigenvalue weighted by atomic mass is 9.91. The number of carbonyl (C=O) groups is 1. The molecule has 148 valence electrons. The fourth-order valence-electron chi connectivity index (χ4n) is 4.38. The van der Waals surface area contributed by atoms with Crippen molar-refractivity contribution in [2.45, 2.75) is 52.0 Å². The quantitative estimate of drug-likeness (QED) is 0.520. The highest BCUT2D eigenvalue weighted by Crippen LogP contribution is 2.35. The standard InChI is InChI=1S/C23H24N4O2/c1-12(2)19-11-16(20-13(3)27-29-23(20)26-19)22(28)25-18-10-6-8-15-14-7-4-5-9-17(14)24-21(15)18/h4-5,7,9,11-12,18,24H,6,8,10H2,1-3H3,(H,25,28)/t18-/m1/s1. The molecule has 6 heteroatoms. The van der Waals surface area contributed by atoms with Crippen LogP contribution in [0.25, 0.3) is 22.0 Å². The summed E-state index contributed by atoms with van der Waals surface area (Å²) in [6, 6.07) is 10.2. The summed E-state index contributed by atoms with van der Waals surface area (Å²) in [6.45, 7) is 5.95. The number of amides is 1. The van der Waals surface area contributed by atoms with Crippen molar-refractivity contribution in [3.05, 3.63) is 58.5 Å². The van der Waals surface area contributed by atoms with Gasteiger partial charge in [-0.05, 0) is 49.8 Å². The molecule has 1 aliphatic rings. The van der Waals surface area contributed by atoms with Crippen molar-refractivity contribution < 1.29 is 9.32 Å². The molecule has 0 fully saturated rings. The molecule has 2 N–H and O–H groups in total. The minimum Gasteiger partial charge on any atom is -0.356 e. The molecular formula is C23H24N4O2. The average Bonchev–Trinajstić information content (AvgIpc) is 3.29. The molecule has 1 aliphatic carbocycles. The zero-order valence-electron chi connectivity index (χ0n) is 16.9. The summed E-state index contributed by atoms with van der Waals surface area (Å²) < 4.78 is 5.37. The summed E-state index contributed by atoms with van der Waals surface area (Å²) >= 11 is 0. The molecule has 3 heterocycles. The highest BCUT2D eigenvalue weighted by molar-refractivity contribution is 6.06. The Kier molecular flexibility index (Phi) is 4.15. The number of aromatic nitrogens is 3. The lowest BCUT2D eigenvalue weighted by molar-refractivity contribution is 0.0933. The van der Waals surface area contributed by atoms with Gasteiger partial charge in [0.1, 0.15) is 0 Å². The fraction of sp³-hybridized carbons (Fsp3) is 0.348. The molecule has 0 aliphatic heterocycles. The second-order valence-electron chi connectivity index (χ2n) is 8.18. The lowest BCUT2D eigenvalue weighted by Gasteiger charge is -2.24. The number of benzene rings is 1. The van der Waals surface area contributed by atoms with Gasteiger partial charge in [0.05, 0.1) is 22.7 Å². The first kappa shape index (κ1) is 17.9. The Morgan fingerprint density at radius 3 is 2.97 bits per heavy atom. The Labute approximate surface area is 168 Å². The molecule has 0 saturated carbocycles. The Hall–Kier alpha value is -3.15. The predicted molar refractivity (Wildman–Crippen MR) is 112 cm³/mol. The van der Waals surface area contributed by atoms with Crippen molar-refractivity contribution in [2.75, 3.05) is 0 Å². The molecule has 0 saturated heterocycles. The molecule has 1 amide bonds. The first-order valence-electron chi connectivity index (χ1n) is 10.2. The zero-order valence-corrected chi connectivity index (χ0v) is 16.9. The summed E-state index contributed by atoms with van der Waals surface area (Å²) in [6.07, 6.45) is 3.00. The molecule has 4 aromatic rings. The van der Waals surface area contributed by atoms with Crippen molar-refractivity contribution in [1.82, 2.24) is 20.4 Å². The minimum absolute atomic E-state index is 0.0375. The van der Waals surface area contributed by atoms with Crippen LogP contribution < -0.4 is 5.32 Å². The van der Waals surface area contributed by atoms with Crippen LogP contribution in [0.4, 0.5) is 0 Å². The van der Waals surface area contributed by atoms with Crippen molar-refractivity contribution in [1.29, 1.82) is 0 Å². The maximum absolute atomic E-state index is 13.4. The number of H-pyrrole nitrogens is 1. The number of carbonyl (C=O) groups excluding carboxylic acids is 1. The first-order chi connectivity index (χ1) is 14.0. The van der Waals surface area contributed by atoms with Gasteiger partial charge in [0.2, 0.25) is 0 Å². The van der Waals surface area contributed by atoms with Gasteiger partial charge in [-0.3, -0.25) is 4.79 Å². The van der Waals surface area contributed by atoms with E-state index in [9.17, 15) is 4.79 Å². The van der Waals surface area contributed by atoms with Gasteiger partial charge in [-0.1, -0.05) is 37.2 Å². The molecule has 0 spiro atoms. The summed E-state index contributed by atoms with van der Waals surface area (Å²) in [5.74, 6) is 0.0773. The van der Waals surface area contributed by atoms with Gasteiger partial charge >= 0.3 is 0 Å². The van der Waals surface area contributed by atoms with Crippen LogP contribution in [-0.2, 0) is 6.42 Å². The number of hydrogen-bond acceptors (Lipinski definition) is 4. The van der Waals surface area contributed by atoms with E-state index >= 15 is 0 Å². The third-order valence-electron chi connectivity index (χ3n) is 5.89. The number of nitrogens with zero attached hydrogens (tertiary/aromatic N) is 2. The number of pyridine rings is 1. The summed E-state index contributed by atoms with van der Waals surface area (Å²) in [5, 5.41) is 9.24. The molecule has 0 unspecified atom stereocenters. The molecule has 0 radical (unpaired) electrons. The van der Waals surface area contributed by atoms with E-state index in [1.807, 2.05) is 19.1 Å². The fourth-order valence-corrected chi connectivity index (χ4v) is 4.38. The predicted octanol–water partition coefficient (Wildman–Crippen LogP) is 4.94. The maximum atomic E-state index is 13.4. The molecule has 1 aromatic carbocycles. The van der Waals surface area contributed by atoms with E-state index < -0.39 is 0 Å². The van der Waals surface area contributed by atoms with Crippen LogP contribution in [0.3, 0.4) is 0 Å². The highest BCUT2D eigenvalue weighted by Gasteiger charge is 2.27. The smallest absolute Gasteiger partial charge is 0.259 e. The van der Waals surface area contributed by atoms with E-state index in [4.69, 9.17) is 4.52 Å². The van der Waals surface area contributed by atoms with Gasteiger partial charge in [0.25, 0.3) is 11.6 Å². The molecule has 1 atom stereocenters.